The van der Waals surface area contributed by atoms with Crippen LogP contribution in [0.5, 0.6) is 5.75 Å². The van der Waals surface area contributed by atoms with Crippen LogP contribution in [0.3, 0.4) is 0 Å². The highest BCUT2D eigenvalue weighted by Crippen LogP contribution is 2.42. The van der Waals surface area contributed by atoms with Gasteiger partial charge in [0, 0.05) is 5.56 Å². The number of benzene rings is 1. The van der Waals surface area contributed by atoms with Gasteiger partial charge >= 0.3 is 0 Å². The van der Waals surface area contributed by atoms with E-state index in [9.17, 15) is 10.2 Å². The van der Waals surface area contributed by atoms with Crippen molar-refractivity contribution >= 4 is 11.6 Å². The maximum atomic E-state index is 9.62. The highest BCUT2D eigenvalue weighted by Gasteiger charge is 2.26. The maximum Gasteiger partial charge on any atom is 0.140 e. The second-order valence-electron chi connectivity index (χ2n) is 3.47. The first-order chi connectivity index (χ1) is 6.11. The molecule has 2 nitrogen and oxygen atoms in total. The molecule has 13 heavy (non-hydrogen) atoms. The molecule has 0 spiro atoms. The second kappa shape index (κ2) is 2.89. The summed E-state index contributed by atoms with van der Waals surface area (Å²) in [5.41, 5.74) is 2.73. The molecule has 0 fully saturated rings. The van der Waals surface area contributed by atoms with Crippen molar-refractivity contribution in [3.63, 3.8) is 0 Å². The zero-order chi connectivity index (χ0) is 9.59. The zero-order valence-corrected chi connectivity index (χ0v) is 8.10. The minimum atomic E-state index is -0.549. The van der Waals surface area contributed by atoms with Crippen molar-refractivity contribution in [2.24, 2.45) is 0 Å². The molecule has 0 saturated heterocycles. The van der Waals surface area contributed by atoms with Crippen molar-refractivity contribution in [3.8, 4) is 5.75 Å². The molecule has 1 aromatic rings. The van der Waals surface area contributed by atoms with Crippen LogP contribution in [-0.4, -0.2) is 10.2 Å². The topological polar surface area (TPSA) is 40.5 Å². The summed E-state index contributed by atoms with van der Waals surface area (Å²) in [5.74, 6) is 0.0484. The number of aromatic hydroxyl groups is 1. The van der Waals surface area contributed by atoms with E-state index < -0.39 is 6.10 Å². The van der Waals surface area contributed by atoms with Crippen molar-refractivity contribution in [2.45, 2.75) is 25.9 Å². The normalized spacial score (nSPS) is 20.4. The molecule has 0 aromatic heterocycles. The third-order valence-electron chi connectivity index (χ3n) is 2.63. The van der Waals surface area contributed by atoms with Crippen molar-refractivity contribution in [3.05, 3.63) is 27.8 Å². The summed E-state index contributed by atoms with van der Waals surface area (Å²) in [6.45, 7) is 1.95. The molecule has 0 aliphatic heterocycles. The first kappa shape index (κ1) is 8.85. The maximum absolute atomic E-state index is 9.62. The molecule has 0 bridgehead atoms. The van der Waals surface area contributed by atoms with E-state index in [-0.39, 0.29) is 5.75 Å². The molecule has 0 heterocycles. The fourth-order valence-corrected chi connectivity index (χ4v) is 2.21. The molecule has 2 N–H and O–H groups in total. The molecule has 0 radical (unpaired) electrons. The molecule has 0 amide bonds. The summed E-state index contributed by atoms with van der Waals surface area (Å²) in [4.78, 5) is 0. The van der Waals surface area contributed by atoms with Crippen LogP contribution in [0, 0.1) is 6.92 Å². The monoisotopic (exact) mass is 198 g/mol. The Balaban J connectivity index is 2.70. The number of rotatable bonds is 0. The van der Waals surface area contributed by atoms with E-state index >= 15 is 0 Å². The smallest absolute Gasteiger partial charge is 0.140 e. The Bertz CT molecular complexity index is 360. The van der Waals surface area contributed by atoms with Gasteiger partial charge in [0.25, 0.3) is 0 Å². The van der Waals surface area contributed by atoms with E-state index in [2.05, 4.69) is 0 Å². The third-order valence-corrected chi connectivity index (χ3v) is 2.91. The minimum Gasteiger partial charge on any atom is -0.506 e. The van der Waals surface area contributed by atoms with E-state index in [4.69, 9.17) is 11.6 Å². The van der Waals surface area contributed by atoms with Gasteiger partial charge in [-0.2, -0.15) is 0 Å². The number of fused-ring (bicyclic) bond motifs is 1. The lowest BCUT2D eigenvalue weighted by molar-refractivity contribution is 0.176. The minimum absolute atomic E-state index is 0.0484. The molecular formula is C10H11ClO2. The number of phenols is 1. The number of halogens is 1. The standard InChI is InChI=1S/C10H11ClO2/c1-5-4-7(11)10(13)9-6(5)2-3-8(9)12/h4,8,12-13H,2-3H2,1H3. The number of aliphatic hydroxyl groups excluding tert-OH is 1. The van der Waals surface area contributed by atoms with Crippen LogP contribution in [-0.2, 0) is 6.42 Å². The molecule has 1 atom stereocenters. The van der Waals surface area contributed by atoms with Crippen molar-refractivity contribution in [1.82, 2.24) is 0 Å². The molecule has 70 valence electrons. The molecule has 3 heteroatoms. The predicted molar refractivity (Wildman–Crippen MR) is 51.1 cm³/mol. The molecule has 1 aliphatic rings. The Morgan fingerprint density at radius 2 is 2.23 bits per heavy atom. The summed E-state index contributed by atoms with van der Waals surface area (Å²) in [7, 11) is 0. The van der Waals surface area contributed by atoms with Crippen LogP contribution in [0.15, 0.2) is 6.07 Å². The van der Waals surface area contributed by atoms with E-state index in [1.807, 2.05) is 6.92 Å². The summed E-state index contributed by atoms with van der Waals surface area (Å²) < 4.78 is 0. The molecule has 1 aromatic carbocycles. The lowest BCUT2D eigenvalue weighted by Crippen LogP contribution is -1.93. The molecular weight excluding hydrogens is 188 g/mol. The number of hydrogen-bond donors (Lipinski definition) is 2. The fourth-order valence-electron chi connectivity index (χ4n) is 1.95. The molecule has 1 aliphatic carbocycles. The molecule has 1 unspecified atom stereocenters. The van der Waals surface area contributed by atoms with Gasteiger partial charge in [-0.3, -0.25) is 0 Å². The Kier molecular flexibility index (Phi) is 1.97. The van der Waals surface area contributed by atoms with Crippen molar-refractivity contribution in [2.75, 3.05) is 0 Å². The number of aryl methyl sites for hydroxylation is 1. The third kappa shape index (κ3) is 1.21. The number of aliphatic hydroxyl groups is 1. The van der Waals surface area contributed by atoms with Gasteiger partial charge in [-0.15, -0.1) is 0 Å². The zero-order valence-electron chi connectivity index (χ0n) is 7.34. The molecule has 0 saturated carbocycles. The number of phenolic OH excluding ortho intramolecular Hbond substituents is 1. The SMILES string of the molecule is Cc1cc(Cl)c(O)c2c1CCC2O. The van der Waals surface area contributed by atoms with Crippen LogP contribution in [0.2, 0.25) is 5.02 Å². The highest BCUT2D eigenvalue weighted by atomic mass is 35.5. The number of hydrogen-bond acceptors (Lipinski definition) is 2. The van der Waals surface area contributed by atoms with Crippen LogP contribution in [0.4, 0.5) is 0 Å². The van der Waals surface area contributed by atoms with Gasteiger partial charge in [0.15, 0.2) is 0 Å². The van der Waals surface area contributed by atoms with E-state index in [0.29, 0.717) is 17.0 Å². The van der Waals surface area contributed by atoms with Gasteiger partial charge in [0.05, 0.1) is 11.1 Å². The second-order valence-corrected chi connectivity index (χ2v) is 3.88. The van der Waals surface area contributed by atoms with Crippen LogP contribution in [0.25, 0.3) is 0 Å². The summed E-state index contributed by atoms with van der Waals surface area (Å²) in [6, 6.07) is 1.74. The predicted octanol–water partition coefficient (Wildman–Crippen LogP) is 2.33. The average Bonchev–Trinajstić information content (AvgIpc) is 2.44. The lowest BCUT2D eigenvalue weighted by atomic mass is 10.0. The van der Waals surface area contributed by atoms with E-state index in [1.165, 1.54) is 0 Å². The van der Waals surface area contributed by atoms with Crippen LogP contribution < -0.4 is 0 Å². The quantitative estimate of drug-likeness (QED) is 0.672. The van der Waals surface area contributed by atoms with Gasteiger partial charge < -0.3 is 10.2 Å². The van der Waals surface area contributed by atoms with Gasteiger partial charge in [0.2, 0.25) is 0 Å². The van der Waals surface area contributed by atoms with E-state index in [0.717, 1.165) is 17.5 Å². The Hall–Kier alpha value is -0.730. The average molecular weight is 199 g/mol. The van der Waals surface area contributed by atoms with E-state index in [1.54, 1.807) is 6.07 Å². The largest absolute Gasteiger partial charge is 0.506 e. The van der Waals surface area contributed by atoms with Gasteiger partial charge in [-0.1, -0.05) is 11.6 Å². The van der Waals surface area contributed by atoms with Crippen LogP contribution in [0.1, 0.15) is 29.2 Å². The highest BCUT2D eigenvalue weighted by molar-refractivity contribution is 6.32. The first-order valence-electron chi connectivity index (χ1n) is 4.30. The lowest BCUT2D eigenvalue weighted by Gasteiger charge is -2.10. The van der Waals surface area contributed by atoms with Gasteiger partial charge in [-0.05, 0) is 37.0 Å². The van der Waals surface area contributed by atoms with Crippen molar-refractivity contribution < 1.29 is 10.2 Å². The first-order valence-corrected chi connectivity index (χ1v) is 4.68. The van der Waals surface area contributed by atoms with Crippen molar-refractivity contribution in [1.29, 1.82) is 0 Å². The Morgan fingerprint density at radius 1 is 1.54 bits per heavy atom. The summed E-state index contributed by atoms with van der Waals surface area (Å²) in [6.07, 6.45) is 0.962. The fraction of sp³-hybridized carbons (Fsp3) is 0.400. The summed E-state index contributed by atoms with van der Waals surface area (Å²) >= 11 is 5.80. The Labute approximate surface area is 81.8 Å². The van der Waals surface area contributed by atoms with Crippen LogP contribution >= 0.6 is 11.6 Å². The summed E-state index contributed by atoms with van der Waals surface area (Å²) in [5, 5.41) is 19.5. The van der Waals surface area contributed by atoms with Gasteiger partial charge in [0.1, 0.15) is 5.75 Å². The Morgan fingerprint density at radius 3 is 2.92 bits per heavy atom. The molecule has 2 rings (SSSR count). The van der Waals surface area contributed by atoms with Gasteiger partial charge in [-0.25, -0.2) is 0 Å².